The number of methoxy groups -OCH3 is 1. The Labute approximate surface area is 165 Å². The molecule has 2 aromatic carbocycles. The monoisotopic (exact) mass is 379 g/mol. The van der Waals surface area contributed by atoms with Crippen LogP contribution in [0.5, 0.6) is 5.75 Å². The van der Waals surface area contributed by atoms with Crippen molar-refractivity contribution in [2.45, 2.75) is 13.0 Å². The number of ether oxygens (including phenoxy) is 2. The van der Waals surface area contributed by atoms with Gasteiger partial charge in [-0.2, -0.15) is 5.10 Å². The fraction of sp³-hybridized carbons (Fsp3) is 0.364. The molecule has 2 aliphatic rings. The van der Waals surface area contributed by atoms with Crippen LogP contribution in [-0.2, 0) is 9.53 Å². The Morgan fingerprint density at radius 1 is 1.07 bits per heavy atom. The van der Waals surface area contributed by atoms with Crippen molar-refractivity contribution < 1.29 is 14.3 Å². The maximum Gasteiger partial charge on any atom is 0.258 e. The van der Waals surface area contributed by atoms with Gasteiger partial charge in [-0.25, -0.2) is 5.01 Å². The second-order valence-electron chi connectivity index (χ2n) is 7.07. The molecule has 2 aliphatic heterocycles. The quantitative estimate of drug-likeness (QED) is 0.801. The summed E-state index contributed by atoms with van der Waals surface area (Å²) in [5.41, 5.74) is 2.72. The first kappa shape index (κ1) is 18.7. The molecule has 2 heterocycles. The van der Waals surface area contributed by atoms with Gasteiger partial charge in [0.1, 0.15) is 5.75 Å². The Hall–Kier alpha value is -2.70. The average molecular weight is 379 g/mol. The molecule has 2 atom stereocenters. The summed E-state index contributed by atoms with van der Waals surface area (Å²) in [6.07, 6.45) is 0. The van der Waals surface area contributed by atoms with Crippen LogP contribution < -0.4 is 9.75 Å². The number of para-hydroxylation sites is 1. The molecule has 4 rings (SSSR count). The summed E-state index contributed by atoms with van der Waals surface area (Å²) in [4.78, 5) is 15.8. The fourth-order valence-corrected chi connectivity index (χ4v) is 3.97. The molecule has 28 heavy (non-hydrogen) atoms. The average Bonchev–Trinajstić information content (AvgIpc) is 3.05. The van der Waals surface area contributed by atoms with Crippen molar-refractivity contribution in [3.63, 3.8) is 0 Å². The van der Waals surface area contributed by atoms with Crippen LogP contribution >= 0.6 is 0 Å². The summed E-state index contributed by atoms with van der Waals surface area (Å²) in [6.45, 7) is 4.87. The van der Waals surface area contributed by atoms with E-state index < -0.39 is 0 Å². The number of hydrazone groups is 1. The normalized spacial score (nSPS) is 21.5. The van der Waals surface area contributed by atoms with E-state index in [1.807, 2.05) is 61.5 Å². The van der Waals surface area contributed by atoms with E-state index in [-0.39, 0.29) is 17.9 Å². The van der Waals surface area contributed by atoms with Crippen molar-refractivity contribution in [3.8, 4) is 5.75 Å². The molecule has 0 bridgehead atoms. The number of anilines is 1. The number of amides is 1. The molecule has 0 aliphatic carbocycles. The van der Waals surface area contributed by atoms with E-state index in [1.165, 1.54) is 5.01 Å². The van der Waals surface area contributed by atoms with Gasteiger partial charge >= 0.3 is 0 Å². The molecule has 1 saturated heterocycles. The predicted molar refractivity (Wildman–Crippen MR) is 109 cm³/mol. The minimum atomic E-state index is -0.327. The topological polar surface area (TPSA) is 54.4 Å². The zero-order valence-electron chi connectivity index (χ0n) is 16.2. The molecule has 0 aromatic heterocycles. The van der Waals surface area contributed by atoms with Crippen molar-refractivity contribution in [2.75, 3.05) is 38.4 Å². The second-order valence-corrected chi connectivity index (χ2v) is 7.07. The molecule has 6 nitrogen and oxygen atoms in total. The van der Waals surface area contributed by atoms with Gasteiger partial charge in [0.15, 0.2) is 0 Å². The number of hydrogen-bond acceptors (Lipinski definition) is 5. The highest BCUT2D eigenvalue weighted by molar-refractivity contribution is 6.15. The Morgan fingerprint density at radius 2 is 1.75 bits per heavy atom. The van der Waals surface area contributed by atoms with Crippen LogP contribution in [0.1, 0.15) is 18.5 Å². The predicted octanol–water partition coefficient (Wildman–Crippen LogP) is 3.11. The van der Waals surface area contributed by atoms with Crippen molar-refractivity contribution >= 4 is 17.3 Å². The van der Waals surface area contributed by atoms with Crippen molar-refractivity contribution in [1.29, 1.82) is 0 Å². The van der Waals surface area contributed by atoms with E-state index >= 15 is 0 Å². The third kappa shape index (κ3) is 3.53. The van der Waals surface area contributed by atoms with Crippen molar-refractivity contribution in [3.05, 3.63) is 60.2 Å². The van der Waals surface area contributed by atoms with Crippen LogP contribution in [0.15, 0.2) is 59.7 Å². The standard InChI is InChI=1S/C22H25N3O3/c1-16-20(22(26)25(23-16)18-6-4-3-5-7-18)21(24-12-14-28-15-13-24)17-8-10-19(27-2)11-9-17/h3-11,20-21H,12-15H2,1-2H3. The maximum absolute atomic E-state index is 13.4. The first-order valence-corrected chi connectivity index (χ1v) is 9.59. The molecule has 1 amide bonds. The van der Waals surface area contributed by atoms with Gasteiger partial charge in [-0.05, 0) is 36.8 Å². The highest BCUT2D eigenvalue weighted by Crippen LogP contribution is 2.37. The second kappa shape index (κ2) is 8.12. The lowest BCUT2D eigenvalue weighted by Crippen LogP contribution is -2.45. The smallest absolute Gasteiger partial charge is 0.258 e. The van der Waals surface area contributed by atoms with Crippen LogP contribution in [0.3, 0.4) is 0 Å². The Kier molecular flexibility index (Phi) is 5.41. The lowest BCUT2D eigenvalue weighted by molar-refractivity contribution is -0.122. The Bertz CT molecular complexity index is 845. The van der Waals surface area contributed by atoms with Gasteiger partial charge in [-0.15, -0.1) is 0 Å². The number of rotatable bonds is 5. The van der Waals surface area contributed by atoms with Gasteiger partial charge in [-0.1, -0.05) is 30.3 Å². The minimum absolute atomic E-state index is 0.0102. The molecular weight excluding hydrogens is 354 g/mol. The fourth-order valence-electron chi connectivity index (χ4n) is 3.97. The van der Waals surface area contributed by atoms with Crippen LogP contribution in [0.4, 0.5) is 5.69 Å². The van der Waals surface area contributed by atoms with Gasteiger partial charge in [0.25, 0.3) is 5.91 Å². The molecule has 1 fully saturated rings. The summed E-state index contributed by atoms with van der Waals surface area (Å²) >= 11 is 0. The van der Waals surface area contributed by atoms with Crippen LogP contribution in [0.25, 0.3) is 0 Å². The molecular formula is C22H25N3O3. The maximum atomic E-state index is 13.4. The Morgan fingerprint density at radius 3 is 2.39 bits per heavy atom. The van der Waals surface area contributed by atoms with Gasteiger partial charge in [-0.3, -0.25) is 9.69 Å². The van der Waals surface area contributed by atoms with Crippen molar-refractivity contribution in [2.24, 2.45) is 11.0 Å². The molecule has 0 saturated carbocycles. The summed E-state index contributed by atoms with van der Waals surface area (Å²) in [6, 6.07) is 17.5. The Balaban J connectivity index is 1.69. The summed E-state index contributed by atoms with van der Waals surface area (Å²) in [5, 5.41) is 6.15. The summed E-state index contributed by atoms with van der Waals surface area (Å²) < 4.78 is 10.8. The van der Waals surface area contributed by atoms with Crippen LogP contribution in [0, 0.1) is 5.92 Å². The number of benzene rings is 2. The van der Waals surface area contributed by atoms with E-state index in [4.69, 9.17) is 9.47 Å². The first-order valence-electron chi connectivity index (χ1n) is 9.59. The van der Waals surface area contributed by atoms with E-state index in [0.717, 1.165) is 35.8 Å². The summed E-state index contributed by atoms with van der Waals surface area (Å²) in [7, 11) is 1.66. The summed E-state index contributed by atoms with van der Waals surface area (Å²) in [5.74, 6) is 0.487. The van der Waals surface area contributed by atoms with Gasteiger partial charge in [0.2, 0.25) is 0 Å². The van der Waals surface area contributed by atoms with Gasteiger partial charge in [0.05, 0.1) is 43.7 Å². The van der Waals surface area contributed by atoms with E-state index in [2.05, 4.69) is 10.0 Å². The molecule has 2 unspecified atom stereocenters. The third-order valence-electron chi connectivity index (χ3n) is 5.40. The molecule has 6 heteroatoms. The number of carbonyl (C=O) groups is 1. The zero-order valence-corrected chi connectivity index (χ0v) is 16.2. The third-order valence-corrected chi connectivity index (χ3v) is 5.40. The number of nitrogens with zero attached hydrogens (tertiary/aromatic N) is 3. The van der Waals surface area contributed by atoms with Gasteiger partial charge < -0.3 is 9.47 Å². The molecule has 0 spiro atoms. The van der Waals surface area contributed by atoms with E-state index in [0.29, 0.717) is 13.2 Å². The van der Waals surface area contributed by atoms with Crippen molar-refractivity contribution in [1.82, 2.24) is 4.90 Å². The van der Waals surface area contributed by atoms with E-state index in [1.54, 1.807) is 7.11 Å². The van der Waals surface area contributed by atoms with Crippen LogP contribution in [0.2, 0.25) is 0 Å². The number of hydrogen-bond donors (Lipinski definition) is 0. The highest BCUT2D eigenvalue weighted by Gasteiger charge is 2.43. The lowest BCUT2D eigenvalue weighted by atomic mass is 9.87. The highest BCUT2D eigenvalue weighted by atomic mass is 16.5. The largest absolute Gasteiger partial charge is 0.497 e. The first-order chi connectivity index (χ1) is 13.7. The number of morpholine rings is 1. The van der Waals surface area contributed by atoms with Gasteiger partial charge in [0, 0.05) is 13.1 Å². The number of carbonyl (C=O) groups excluding carboxylic acids is 1. The molecule has 2 aromatic rings. The SMILES string of the molecule is COc1ccc(C(C2C(=O)N(c3ccccc3)N=C2C)N2CCOCC2)cc1. The molecule has 0 radical (unpaired) electrons. The zero-order chi connectivity index (χ0) is 19.5. The lowest BCUT2D eigenvalue weighted by Gasteiger charge is -2.37. The van der Waals surface area contributed by atoms with Crippen LogP contribution in [-0.4, -0.2) is 49.9 Å². The van der Waals surface area contributed by atoms with E-state index in [9.17, 15) is 4.79 Å². The molecule has 146 valence electrons. The minimum Gasteiger partial charge on any atom is -0.497 e. The molecule has 0 N–H and O–H groups in total.